The first-order valence-electron chi connectivity index (χ1n) is 8.82. The summed E-state index contributed by atoms with van der Waals surface area (Å²) in [6, 6.07) is 12.9. The van der Waals surface area contributed by atoms with Crippen LogP contribution in [0.1, 0.15) is 22.3 Å². The lowest BCUT2D eigenvalue weighted by atomic mass is 9.97. The Kier molecular flexibility index (Phi) is 7.76. The molecular weight excluding hydrogens is 312 g/mol. The Labute approximate surface area is 151 Å². The fourth-order valence-corrected chi connectivity index (χ4v) is 3.00. The normalized spacial score (nSPS) is 10.7. The summed E-state index contributed by atoms with van der Waals surface area (Å²) in [5.74, 6) is 1.85. The summed E-state index contributed by atoms with van der Waals surface area (Å²) >= 11 is 0. The molecule has 0 aliphatic carbocycles. The van der Waals surface area contributed by atoms with Gasteiger partial charge in [-0.25, -0.2) is 0 Å². The van der Waals surface area contributed by atoms with Crippen molar-refractivity contribution < 1.29 is 9.47 Å². The van der Waals surface area contributed by atoms with Crippen LogP contribution in [0.15, 0.2) is 36.4 Å². The van der Waals surface area contributed by atoms with E-state index in [1.54, 1.807) is 14.2 Å². The molecule has 0 fully saturated rings. The van der Waals surface area contributed by atoms with Crippen LogP contribution in [0.2, 0.25) is 0 Å². The van der Waals surface area contributed by atoms with E-state index < -0.39 is 0 Å². The molecule has 0 spiro atoms. The number of ether oxygens (including phenoxy) is 2. The van der Waals surface area contributed by atoms with Crippen LogP contribution in [-0.2, 0) is 19.3 Å². The zero-order valence-corrected chi connectivity index (χ0v) is 15.8. The van der Waals surface area contributed by atoms with E-state index in [4.69, 9.17) is 9.47 Å². The molecule has 136 valence electrons. The molecule has 2 rings (SSSR count). The van der Waals surface area contributed by atoms with Gasteiger partial charge in [-0.3, -0.25) is 0 Å². The summed E-state index contributed by atoms with van der Waals surface area (Å²) < 4.78 is 11.2. The molecule has 0 aliphatic rings. The van der Waals surface area contributed by atoms with Gasteiger partial charge in [0, 0.05) is 6.42 Å². The number of nitrogens with one attached hydrogen (secondary N) is 2. The van der Waals surface area contributed by atoms with E-state index in [2.05, 4.69) is 47.0 Å². The molecule has 2 aromatic carbocycles. The van der Waals surface area contributed by atoms with Crippen LogP contribution >= 0.6 is 0 Å². The van der Waals surface area contributed by atoms with Crippen LogP contribution in [0.5, 0.6) is 11.5 Å². The van der Waals surface area contributed by atoms with E-state index >= 15 is 0 Å². The van der Waals surface area contributed by atoms with Crippen molar-refractivity contribution in [3.8, 4) is 11.5 Å². The van der Waals surface area contributed by atoms with Gasteiger partial charge in [0.2, 0.25) is 0 Å². The lowest BCUT2D eigenvalue weighted by Gasteiger charge is -2.14. The maximum atomic E-state index is 5.58. The molecule has 0 atom stereocenters. The number of methoxy groups -OCH3 is 2. The van der Waals surface area contributed by atoms with Crippen LogP contribution in [0.25, 0.3) is 0 Å². The van der Waals surface area contributed by atoms with Gasteiger partial charge in [0.05, 0.1) is 14.2 Å². The van der Waals surface area contributed by atoms with E-state index in [9.17, 15) is 0 Å². The molecule has 0 saturated carbocycles. The minimum Gasteiger partial charge on any atom is -0.496 e. The van der Waals surface area contributed by atoms with Crippen molar-refractivity contribution in [3.05, 3.63) is 58.7 Å². The Morgan fingerprint density at radius 2 is 1.16 bits per heavy atom. The van der Waals surface area contributed by atoms with Crippen molar-refractivity contribution in [2.24, 2.45) is 0 Å². The first-order valence-corrected chi connectivity index (χ1v) is 8.82. The van der Waals surface area contributed by atoms with Gasteiger partial charge in [-0.05, 0) is 74.4 Å². The maximum Gasteiger partial charge on any atom is 0.122 e. The summed E-state index contributed by atoms with van der Waals surface area (Å²) in [7, 11) is 7.41. The molecule has 4 nitrogen and oxygen atoms in total. The van der Waals surface area contributed by atoms with Crippen LogP contribution in [0.4, 0.5) is 0 Å². The minimum atomic E-state index is 0.799. The third-order valence-electron chi connectivity index (χ3n) is 4.40. The summed E-state index contributed by atoms with van der Waals surface area (Å²) in [4.78, 5) is 0. The summed E-state index contributed by atoms with van der Waals surface area (Å²) in [6.07, 6.45) is 2.81. The van der Waals surface area contributed by atoms with Crippen LogP contribution in [0.3, 0.4) is 0 Å². The molecule has 0 aromatic heterocycles. The van der Waals surface area contributed by atoms with Gasteiger partial charge in [0.1, 0.15) is 11.5 Å². The largest absolute Gasteiger partial charge is 0.496 e. The molecule has 2 aromatic rings. The summed E-state index contributed by atoms with van der Waals surface area (Å²) in [5, 5.41) is 6.40. The molecule has 2 N–H and O–H groups in total. The molecule has 0 amide bonds. The Bertz CT molecular complexity index is 613. The standard InChI is InChI=1S/C21H30N2O2/c1-22-11-9-16-5-7-20(24-3)18(13-16)15-19-14-17(10-12-23-2)6-8-21(19)25-4/h5-8,13-14,22-23H,9-12,15H2,1-4H3. The third-order valence-corrected chi connectivity index (χ3v) is 4.40. The topological polar surface area (TPSA) is 42.5 Å². The molecule has 0 heterocycles. The van der Waals surface area contributed by atoms with Crippen LogP contribution < -0.4 is 20.1 Å². The van der Waals surface area contributed by atoms with Crippen LogP contribution in [-0.4, -0.2) is 41.4 Å². The first-order chi connectivity index (χ1) is 12.2. The lowest BCUT2D eigenvalue weighted by Crippen LogP contribution is -2.11. The zero-order valence-electron chi connectivity index (χ0n) is 15.8. The van der Waals surface area contributed by atoms with Crippen molar-refractivity contribution in [1.29, 1.82) is 0 Å². The van der Waals surface area contributed by atoms with E-state index in [0.29, 0.717) is 0 Å². The lowest BCUT2D eigenvalue weighted by molar-refractivity contribution is 0.405. The van der Waals surface area contributed by atoms with E-state index in [1.165, 1.54) is 22.3 Å². The highest BCUT2D eigenvalue weighted by molar-refractivity contribution is 5.45. The highest BCUT2D eigenvalue weighted by Crippen LogP contribution is 2.28. The molecule has 0 aliphatic heterocycles. The highest BCUT2D eigenvalue weighted by Gasteiger charge is 2.10. The summed E-state index contributed by atoms with van der Waals surface area (Å²) in [6.45, 7) is 1.93. The van der Waals surface area contributed by atoms with Crippen molar-refractivity contribution in [1.82, 2.24) is 10.6 Å². The molecule has 0 radical (unpaired) electrons. The van der Waals surface area contributed by atoms with Crippen molar-refractivity contribution >= 4 is 0 Å². The predicted molar refractivity (Wildman–Crippen MR) is 104 cm³/mol. The second-order valence-electron chi connectivity index (χ2n) is 6.18. The highest BCUT2D eigenvalue weighted by atomic mass is 16.5. The van der Waals surface area contributed by atoms with Crippen LogP contribution in [0, 0.1) is 0 Å². The monoisotopic (exact) mass is 342 g/mol. The van der Waals surface area contributed by atoms with E-state index in [1.807, 2.05) is 14.1 Å². The van der Waals surface area contributed by atoms with Gasteiger partial charge in [-0.15, -0.1) is 0 Å². The predicted octanol–water partition coefficient (Wildman–Crippen LogP) is 2.82. The third kappa shape index (κ3) is 5.48. The van der Waals surface area contributed by atoms with Gasteiger partial charge in [0.25, 0.3) is 0 Å². The van der Waals surface area contributed by atoms with E-state index in [-0.39, 0.29) is 0 Å². The number of hydrogen-bond acceptors (Lipinski definition) is 4. The second-order valence-corrected chi connectivity index (χ2v) is 6.18. The first kappa shape index (κ1) is 19.3. The zero-order chi connectivity index (χ0) is 18.1. The van der Waals surface area contributed by atoms with Crippen molar-refractivity contribution in [2.75, 3.05) is 41.4 Å². The molecular formula is C21H30N2O2. The quantitative estimate of drug-likeness (QED) is 0.697. The molecule has 0 bridgehead atoms. The van der Waals surface area contributed by atoms with Gasteiger partial charge < -0.3 is 20.1 Å². The Morgan fingerprint density at radius 3 is 1.52 bits per heavy atom. The number of benzene rings is 2. The molecule has 0 unspecified atom stereocenters. The fourth-order valence-electron chi connectivity index (χ4n) is 3.00. The van der Waals surface area contributed by atoms with Gasteiger partial charge >= 0.3 is 0 Å². The molecule has 4 heteroatoms. The molecule has 25 heavy (non-hydrogen) atoms. The fraction of sp³-hybridized carbons (Fsp3) is 0.429. The van der Waals surface area contributed by atoms with Gasteiger partial charge in [-0.1, -0.05) is 24.3 Å². The minimum absolute atomic E-state index is 0.799. The van der Waals surface area contributed by atoms with Crippen molar-refractivity contribution in [3.63, 3.8) is 0 Å². The number of rotatable bonds is 10. The van der Waals surface area contributed by atoms with Crippen molar-refractivity contribution in [2.45, 2.75) is 19.3 Å². The van der Waals surface area contributed by atoms with E-state index in [0.717, 1.165) is 43.9 Å². The number of likely N-dealkylation sites (N-methyl/N-ethyl adjacent to an activating group) is 2. The smallest absolute Gasteiger partial charge is 0.122 e. The molecule has 0 saturated heterocycles. The number of hydrogen-bond donors (Lipinski definition) is 2. The SMILES string of the molecule is CNCCc1ccc(OC)c(Cc2cc(CCNC)ccc2OC)c1. The van der Waals surface area contributed by atoms with Gasteiger partial charge in [-0.2, -0.15) is 0 Å². The Morgan fingerprint density at radius 1 is 0.720 bits per heavy atom. The average Bonchev–Trinajstić information content (AvgIpc) is 2.65. The second kappa shape index (κ2) is 10.1. The Balaban J connectivity index is 2.29. The van der Waals surface area contributed by atoms with Gasteiger partial charge in [0.15, 0.2) is 0 Å². The maximum absolute atomic E-state index is 5.58. The summed E-state index contributed by atoms with van der Waals surface area (Å²) in [5.41, 5.74) is 5.02. The Hall–Kier alpha value is -2.04. The average molecular weight is 342 g/mol.